The summed E-state index contributed by atoms with van der Waals surface area (Å²) in [5.41, 5.74) is 0. The summed E-state index contributed by atoms with van der Waals surface area (Å²) in [6.45, 7) is 8.76. The monoisotopic (exact) mass is 187 g/mol. The highest BCUT2D eigenvalue weighted by Gasteiger charge is 2.04. The normalized spacial score (nSPS) is 15.7. The molecule has 13 heavy (non-hydrogen) atoms. The highest BCUT2D eigenvalue weighted by atomic mass is 16.5. The molecule has 0 aromatic heterocycles. The largest absolute Gasteiger partial charge is 0.385 e. The average Bonchev–Trinajstić information content (AvgIpc) is 2.12. The van der Waals surface area contributed by atoms with E-state index in [1.807, 2.05) is 0 Å². The van der Waals surface area contributed by atoms with Crippen molar-refractivity contribution in [2.24, 2.45) is 5.92 Å². The lowest BCUT2D eigenvalue weighted by atomic mass is 10.1. The van der Waals surface area contributed by atoms with Gasteiger partial charge in [0.2, 0.25) is 0 Å². The third-order valence-corrected chi connectivity index (χ3v) is 2.35. The Kier molecular flexibility index (Phi) is 8.46. The van der Waals surface area contributed by atoms with Crippen molar-refractivity contribution in [3.8, 4) is 0 Å². The fourth-order valence-corrected chi connectivity index (χ4v) is 1.39. The summed E-state index contributed by atoms with van der Waals surface area (Å²) in [7, 11) is 1.76. The smallest absolute Gasteiger partial charge is 0.0476 e. The molecule has 0 aliphatic heterocycles. The molecular weight excluding hydrogens is 162 g/mol. The molecule has 0 aliphatic carbocycles. The van der Waals surface area contributed by atoms with Crippen LogP contribution >= 0.6 is 0 Å². The highest BCUT2D eigenvalue weighted by molar-refractivity contribution is 4.63. The van der Waals surface area contributed by atoms with E-state index in [1.54, 1.807) is 7.11 Å². The van der Waals surface area contributed by atoms with Crippen molar-refractivity contribution in [1.82, 2.24) is 5.32 Å². The Bertz CT molecular complexity index is 106. The van der Waals surface area contributed by atoms with Crippen LogP contribution in [0.5, 0.6) is 0 Å². The van der Waals surface area contributed by atoms with E-state index < -0.39 is 0 Å². The van der Waals surface area contributed by atoms with Crippen LogP contribution in [0, 0.1) is 5.92 Å². The maximum Gasteiger partial charge on any atom is 0.0476 e. The van der Waals surface area contributed by atoms with Crippen LogP contribution in [-0.2, 0) is 4.74 Å². The molecule has 2 nitrogen and oxygen atoms in total. The standard InChI is InChI=1S/C11H25NO/c1-5-6-10(2)9-12-11(3)7-8-13-4/h10-12H,5-9H2,1-4H3. The number of ether oxygens (including phenoxy) is 1. The van der Waals surface area contributed by atoms with E-state index in [1.165, 1.54) is 12.8 Å². The van der Waals surface area contributed by atoms with Crippen LogP contribution in [0.2, 0.25) is 0 Å². The van der Waals surface area contributed by atoms with Gasteiger partial charge in [0.25, 0.3) is 0 Å². The van der Waals surface area contributed by atoms with Gasteiger partial charge in [-0.15, -0.1) is 0 Å². The maximum atomic E-state index is 5.03. The molecule has 0 saturated heterocycles. The van der Waals surface area contributed by atoms with E-state index in [4.69, 9.17) is 4.74 Å². The van der Waals surface area contributed by atoms with Gasteiger partial charge in [0.1, 0.15) is 0 Å². The van der Waals surface area contributed by atoms with Crippen LogP contribution < -0.4 is 5.32 Å². The minimum absolute atomic E-state index is 0.583. The zero-order chi connectivity index (χ0) is 10.1. The van der Waals surface area contributed by atoms with Gasteiger partial charge in [0.05, 0.1) is 0 Å². The summed E-state index contributed by atoms with van der Waals surface area (Å²) in [6.07, 6.45) is 3.72. The van der Waals surface area contributed by atoms with Crippen molar-refractivity contribution in [1.29, 1.82) is 0 Å². The molecule has 0 fully saturated rings. The first-order valence-electron chi connectivity index (χ1n) is 5.43. The first-order chi connectivity index (χ1) is 6.20. The van der Waals surface area contributed by atoms with Gasteiger partial charge in [-0.25, -0.2) is 0 Å². The number of hydrogen-bond acceptors (Lipinski definition) is 2. The Hall–Kier alpha value is -0.0800. The lowest BCUT2D eigenvalue weighted by Gasteiger charge is -2.16. The van der Waals surface area contributed by atoms with Crippen molar-refractivity contribution in [3.05, 3.63) is 0 Å². The van der Waals surface area contributed by atoms with E-state index in [9.17, 15) is 0 Å². The van der Waals surface area contributed by atoms with Crippen LogP contribution in [0.15, 0.2) is 0 Å². The van der Waals surface area contributed by atoms with Gasteiger partial charge in [0, 0.05) is 19.8 Å². The molecular formula is C11H25NO. The first kappa shape index (κ1) is 12.9. The Morgan fingerprint density at radius 3 is 2.46 bits per heavy atom. The molecule has 0 rings (SSSR count). The minimum Gasteiger partial charge on any atom is -0.385 e. The van der Waals surface area contributed by atoms with E-state index in [0.717, 1.165) is 25.5 Å². The Morgan fingerprint density at radius 1 is 1.23 bits per heavy atom. The van der Waals surface area contributed by atoms with Gasteiger partial charge in [-0.05, 0) is 32.2 Å². The lowest BCUT2D eigenvalue weighted by molar-refractivity contribution is 0.184. The van der Waals surface area contributed by atoms with Gasteiger partial charge >= 0.3 is 0 Å². The molecule has 1 N–H and O–H groups in total. The molecule has 2 atom stereocenters. The van der Waals surface area contributed by atoms with Gasteiger partial charge in [0.15, 0.2) is 0 Å². The Balaban J connectivity index is 3.29. The van der Waals surface area contributed by atoms with E-state index in [0.29, 0.717) is 6.04 Å². The second-order valence-electron chi connectivity index (χ2n) is 3.98. The fourth-order valence-electron chi connectivity index (χ4n) is 1.39. The average molecular weight is 187 g/mol. The molecule has 80 valence electrons. The maximum absolute atomic E-state index is 5.03. The molecule has 0 aromatic rings. The lowest BCUT2D eigenvalue weighted by Crippen LogP contribution is -2.31. The van der Waals surface area contributed by atoms with Gasteiger partial charge in [-0.2, -0.15) is 0 Å². The van der Waals surface area contributed by atoms with Crippen molar-refractivity contribution < 1.29 is 4.74 Å². The van der Waals surface area contributed by atoms with Crippen LogP contribution in [0.3, 0.4) is 0 Å². The predicted octanol–water partition coefficient (Wildman–Crippen LogP) is 2.44. The first-order valence-corrected chi connectivity index (χ1v) is 5.43. The van der Waals surface area contributed by atoms with Gasteiger partial charge in [-0.1, -0.05) is 20.3 Å². The molecule has 0 amide bonds. The molecule has 0 radical (unpaired) electrons. The van der Waals surface area contributed by atoms with E-state index in [-0.39, 0.29) is 0 Å². The van der Waals surface area contributed by atoms with Gasteiger partial charge < -0.3 is 10.1 Å². The van der Waals surface area contributed by atoms with Gasteiger partial charge in [-0.3, -0.25) is 0 Å². The number of nitrogens with one attached hydrogen (secondary N) is 1. The molecule has 0 saturated carbocycles. The number of rotatable bonds is 8. The van der Waals surface area contributed by atoms with Crippen molar-refractivity contribution in [2.75, 3.05) is 20.3 Å². The van der Waals surface area contributed by atoms with Crippen LogP contribution in [0.4, 0.5) is 0 Å². The van der Waals surface area contributed by atoms with E-state index in [2.05, 4.69) is 26.1 Å². The number of hydrogen-bond donors (Lipinski definition) is 1. The molecule has 0 aliphatic rings. The Morgan fingerprint density at radius 2 is 1.92 bits per heavy atom. The Labute approximate surface area is 83.1 Å². The molecule has 0 heterocycles. The quantitative estimate of drug-likeness (QED) is 0.630. The van der Waals surface area contributed by atoms with Crippen molar-refractivity contribution in [3.63, 3.8) is 0 Å². The summed E-state index contributed by atoms with van der Waals surface area (Å²) in [4.78, 5) is 0. The van der Waals surface area contributed by atoms with Crippen LogP contribution in [0.25, 0.3) is 0 Å². The molecule has 0 aromatic carbocycles. The summed E-state index contributed by atoms with van der Waals surface area (Å²) in [6, 6.07) is 0.583. The van der Waals surface area contributed by atoms with Crippen molar-refractivity contribution in [2.45, 2.75) is 46.1 Å². The zero-order valence-electron chi connectivity index (χ0n) is 9.60. The van der Waals surface area contributed by atoms with Crippen LogP contribution in [-0.4, -0.2) is 26.3 Å². The predicted molar refractivity (Wildman–Crippen MR) is 58.0 cm³/mol. The molecule has 0 spiro atoms. The number of methoxy groups -OCH3 is 1. The third-order valence-electron chi connectivity index (χ3n) is 2.35. The zero-order valence-corrected chi connectivity index (χ0v) is 9.60. The van der Waals surface area contributed by atoms with Crippen LogP contribution in [0.1, 0.15) is 40.0 Å². The minimum atomic E-state index is 0.583. The molecule has 2 unspecified atom stereocenters. The van der Waals surface area contributed by atoms with E-state index >= 15 is 0 Å². The topological polar surface area (TPSA) is 21.3 Å². The molecule has 0 bridgehead atoms. The second-order valence-corrected chi connectivity index (χ2v) is 3.98. The molecule has 2 heteroatoms. The fraction of sp³-hybridized carbons (Fsp3) is 1.00. The summed E-state index contributed by atoms with van der Waals surface area (Å²) in [5.74, 6) is 0.801. The summed E-state index contributed by atoms with van der Waals surface area (Å²) >= 11 is 0. The summed E-state index contributed by atoms with van der Waals surface area (Å²) in [5, 5.41) is 3.52. The highest BCUT2D eigenvalue weighted by Crippen LogP contribution is 2.03. The van der Waals surface area contributed by atoms with Crippen molar-refractivity contribution >= 4 is 0 Å². The SMILES string of the molecule is CCCC(C)CNC(C)CCOC. The second kappa shape index (κ2) is 8.52. The third kappa shape index (κ3) is 8.26. The summed E-state index contributed by atoms with van der Waals surface area (Å²) < 4.78 is 5.03.